The van der Waals surface area contributed by atoms with Gasteiger partial charge in [0.2, 0.25) is 23.6 Å². The first-order chi connectivity index (χ1) is 26.8. The monoisotopic (exact) mass is 830 g/mol. The van der Waals surface area contributed by atoms with Gasteiger partial charge in [-0.1, -0.05) is 84.4 Å². The van der Waals surface area contributed by atoms with E-state index in [1.807, 2.05) is 66.7 Å². The van der Waals surface area contributed by atoms with Gasteiger partial charge in [-0.15, -0.1) is 0 Å². The molecule has 3 atom stereocenters. The number of halogens is 1. The number of aliphatic hydroxyl groups is 1. The zero-order valence-electron chi connectivity index (χ0n) is 31.1. The zero-order chi connectivity index (χ0) is 40.8. The van der Waals surface area contributed by atoms with E-state index in [1.165, 1.54) is 0 Å². The number of hydrogen-bond acceptors (Lipinski definition) is 9. The van der Waals surface area contributed by atoms with Gasteiger partial charge >= 0.3 is 0 Å². The summed E-state index contributed by atoms with van der Waals surface area (Å²) in [6.07, 6.45) is 0.649. The number of aromatic nitrogens is 1. The van der Waals surface area contributed by atoms with Crippen LogP contribution in [-0.4, -0.2) is 82.2 Å². The lowest BCUT2D eigenvalue weighted by Gasteiger charge is -2.24. The summed E-state index contributed by atoms with van der Waals surface area (Å²) in [5, 5.41) is 24.3. The summed E-state index contributed by atoms with van der Waals surface area (Å²) < 4.78 is 0. The van der Waals surface area contributed by atoms with Crippen LogP contribution in [0.4, 0.5) is 11.4 Å². The fraction of sp³-hybridized carbons (Fsp3) is 0.308. The number of primary amides is 1. The molecular weight excluding hydrogens is 784 g/mol. The molecule has 4 rings (SSSR count). The maximum Gasteiger partial charge on any atom is 0.254 e. The molecule has 16 nitrogen and oxygen atoms in total. The van der Waals surface area contributed by atoms with Gasteiger partial charge in [0.05, 0.1) is 34.4 Å². The molecule has 5 amide bonds. The summed E-state index contributed by atoms with van der Waals surface area (Å²) in [7, 11) is 0. The van der Waals surface area contributed by atoms with E-state index >= 15 is 0 Å². The molecule has 17 heteroatoms. The van der Waals surface area contributed by atoms with E-state index in [1.54, 1.807) is 26.0 Å². The summed E-state index contributed by atoms with van der Waals surface area (Å²) in [5.41, 5.74) is 20.6. The number of benzene rings is 3. The number of nitrogens with one attached hydrogen (secondary N) is 5. The molecule has 0 radical (unpaired) electrons. The smallest absolute Gasteiger partial charge is 0.254 e. The van der Waals surface area contributed by atoms with Crippen LogP contribution in [0.3, 0.4) is 0 Å². The van der Waals surface area contributed by atoms with E-state index < -0.39 is 54.3 Å². The maximum atomic E-state index is 13.7. The van der Waals surface area contributed by atoms with Crippen molar-refractivity contribution >= 4 is 73.7 Å². The molecule has 0 aliphatic heterocycles. The van der Waals surface area contributed by atoms with Crippen LogP contribution in [0.1, 0.15) is 42.6 Å². The Morgan fingerprint density at radius 2 is 1.57 bits per heavy atom. The molecule has 0 saturated carbocycles. The number of anilines is 2. The number of fused-ring (bicyclic) bond motifs is 1. The first-order valence-corrected chi connectivity index (χ1v) is 19.0. The van der Waals surface area contributed by atoms with Gasteiger partial charge in [-0.3, -0.25) is 29.0 Å². The van der Waals surface area contributed by atoms with E-state index in [0.717, 1.165) is 11.1 Å². The number of rotatable bonds is 19. The predicted molar refractivity (Wildman–Crippen MR) is 219 cm³/mol. The zero-order valence-corrected chi connectivity index (χ0v) is 32.6. The molecule has 0 fully saturated rings. The highest BCUT2D eigenvalue weighted by Crippen LogP contribution is 2.32. The van der Waals surface area contributed by atoms with Gasteiger partial charge in [-0.05, 0) is 48.6 Å². The number of carbonyl (C=O) groups is 5. The van der Waals surface area contributed by atoms with Crippen molar-refractivity contribution in [2.45, 2.75) is 51.4 Å². The highest BCUT2D eigenvalue weighted by atomic mass is 79.9. The molecular formula is C39H47BrN10O6. The minimum absolute atomic E-state index is 0.0438. The Hall–Kier alpha value is -6.07. The number of pyridine rings is 1. The molecule has 0 saturated heterocycles. The van der Waals surface area contributed by atoms with Gasteiger partial charge in [0.15, 0.2) is 5.96 Å². The average Bonchev–Trinajstić information content (AvgIpc) is 3.19. The first kappa shape index (κ1) is 42.7. The van der Waals surface area contributed by atoms with Crippen LogP contribution < -0.4 is 43.8 Å². The Morgan fingerprint density at radius 1 is 0.857 bits per heavy atom. The predicted octanol–water partition coefficient (Wildman–Crippen LogP) is 1.91. The molecule has 1 aromatic heterocycles. The second kappa shape index (κ2) is 20.6. The van der Waals surface area contributed by atoms with Crippen LogP contribution in [0.15, 0.2) is 83.9 Å². The van der Waals surface area contributed by atoms with Crippen LogP contribution in [0.25, 0.3) is 22.2 Å². The molecule has 0 aliphatic rings. The Bertz CT molecular complexity index is 2040. The number of carbonyl (C=O) groups excluding carboxylic acids is 5. The Balaban J connectivity index is 1.54. The van der Waals surface area contributed by atoms with Gasteiger partial charge in [0.1, 0.15) is 18.1 Å². The second-order valence-electron chi connectivity index (χ2n) is 13.2. The van der Waals surface area contributed by atoms with Crippen LogP contribution in [0, 0.1) is 5.92 Å². The molecule has 0 spiro atoms. The summed E-state index contributed by atoms with van der Waals surface area (Å²) >= 11 is 3.00. The minimum atomic E-state index is -1.20. The van der Waals surface area contributed by atoms with Crippen LogP contribution in [0.5, 0.6) is 0 Å². The van der Waals surface area contributed by atoms with Gasteiger partial charge in [0, 0.05) is 29.7 Å². The van der Waals surface area contributed by atoms with Crippen molar-refractivity contribution in [3.63, 3.8) is 0 Å². The van der Waals surface area contributed by atoms with Crippen molar-refractivity contribution in [2.75, 3.05) is 23.8 Å². The molecule has 3 aromatic carbocycles. The van der Waals surface area contributed by atoms with Crippen molar-refractivity contribution < 1.29 is 29.1 Å². The number of alkyl halides is 1. The van der Waals surface area contributed by atoms with Crippen molar-refractivity contribution in [1.82, 2.24) is 26.3 Å². The maximum absolute atomic E-state index is 13.7. The third-order valence-corrected chi connectivity index (χ3v) is 9.16. The number of hydrogen-bond donors (Lipinski definition) is 9. The van der Waals surface area contributed by atoms with Crippen molar-refractivity contribution in [3.05, 3.63) is 90.0 Å². The summed E-state index contributed by atoms with van der Waals surface area (Å²) in [4.78, 5) is 72.3. The third-order valence-electron chi connectivity index (χ3n) is 8.65. The first-order valence-electron chi connectivity index (χ1n) is 17.9. The van der Waals surface area contributed by atoms with Gasteiger partial charge < -0.3 is 48.9 Å². The number of nitrogens with two attached hydrogens (primary N) is 3. The van der Waals surface area contributed by atoms with Crippen LogP contribution in [-0.2, 0) is 25.7 Å². The molecule has 296 valence electrons. The van der Waals surface area contributed by atoms with Crippen molar-refractivity contribution in [2.24, 2.45) is 28.1 Å². The van der Waals surface area contributed by atoms with Crippen LogP contribution in [0.2, 0.25) is 0 Å². The lowest BCUT2D eigenvalue weighted by atomic mass is 10.0. The van der Waals surface area contributed by atoms with E-state index in [9.17, 15) is 29.1 Å². The van der Waals surface area contributed by atoms with Gasteiger partial charge in [-0.2, -0.15) is 0 Å². The number of nitrogens with zero attached hydrogens (tertiary/aromatic N) is 2. The molecule has 0 unspecified atom stereocenters. The van der Waals surface area contributed by atoms with E-state index in [0.29, 0.717) is 34.4 Å². The summed E-state index contributed by atoms with van der Waals surface area (Å²) in [5.74, 6) is -3.16. The highest BCUT2D eigenvalue weighted by molar-refractivity contribution is 9.09. The molecule has 56 heavy (non-hydrogen) atoms. The lowest BCUT2D eigenvalue weighted by Crippen LogP contribution is -2.56. The SMILES string of the molecule is CC(C)[C@H](NC(=O)[C@H](CO)NC(=O)CBr)C(=O)NCc1ccc(Nc2cc(-c3ccccc3)nc3c(C(=O)N[C@@H](CCCN=C(N)N)C(N)=O)cccc23)cc1. The van der Waals surface area contributed by atoms with Gasteiger partial charge in [0.25, 0.3) is 5.91 Å². The standard InChI is InChI=1S/C39H47BrN10O6/c1-22(2)33(50-37(55)31(21-51)47-32(52)19-40)38(56)45-20-23-13-15-25(16-14-23)46-30-18-29(24-8-4-3-5-9-24)48-34-26(30)10-6-11-27(34)36(54)49-28(35(41)53)12-7-17-44-39(42)43/h3-6,8-11,13-16,18,22,28,31,33,51H,7,12,17,19-21H2,1-2H3,(H2,41,53)(H,45,56)(H,46,48)(H,47,52)(H,49,54)(H,50,55)(H4,42,43,44)/t28-,31-,33-/m0/s1. The Labute approximate surface area is 332 Å². The largest absolute Gasteiger partial charge is 0.394 e. The summed E-state index contributed by atoms with van der Waals surface area (Å²) in [6.45, 7) is 3.35. The third kappa shape index (κ3) is 12.0. The Kier molecular flexibility index (Phi) is 15.7. The normalized spacial score (nSPS) is 12.5. The lowest BCUT2D eigenvalue weighted by molar-refractivity contribution is -0.133. The molecule has 0 bridgehead atoms. The topological polar surface area (TPSA) is 269 Å². The fourth-order valence-corrected chi connectivity index (χ4v) is 5.86. The second-order valence-corrected chi connectivity index (χ2v) is 13.8. The van der Waals surface area contributed by atoms with Crippen molar-refractivity contribution in [1.29, 1.82) is 0 Å². The number of para-hydroxylation sites is 1. The Morgan fingerprint density at radius 3 is 2.20 bits per heavy atom. The number of aliphatic imine (C=N–C) groups is 1. The minimum Gasteiger partial charge on any atom is -0.394 e. The number of guanidine groups is 1. The quantitative estimate of drug-likeness (QED) is 0.0287. The van der Waals surface area contributed by atoms with Gasteiger partial charge in [-0.25, -0.2) is 4.98 Å². The number of amides is 5. The van der Waals surface area contributed by atoms with Crippen LogP contribution >= 0.6 is 15.9 Å². The van der Waals surface area contributed by atoms with E-state index in [-0.39, 0.29) is 42.3 Å². The average molecular weight is 832 g/mol. The number of aliphatic hydroxyl groups excluding tert-OH is 1. The molecule has 0 aliphatic carbocycles. The molecule has 4 aromatic rings. The van der Waals surface area contributed by atoms with E-state index in [4.69, 9.17) is 22.2 Å². The molecule has 1 heterocycles. The molecule has 12 N–H and O–H groups in total. The van der Waals surface area contributed by atoms with Crippen molar-refractivity contribution in [3.8, 4) is 11.3 Å². The van der Waals surface area contributed by atoms with E-state index in [2.05, 4.69) is 47.5 Å². The highest BCUT2D eigenvalue weighted by Gasteiger charge is 2.28. The fourth-order valence-electron chi connectivity index (χ4n) is 5.69. The summed E-state index contributed by atoms with van der Waals surface area (Å²) in [6, 6.07) is 20.8.